The first-order valence-electron chi connectivity index (χ1n) is 13.4. The molecule has 2 aromatic rings. The summed E-state index contributed by atoms with van der Waals surface area (Å²) in [5.41, 5.74) is 1.47. The minimum absolute atomic E-state index is 0.0266. The summed E-state index contributed by atoms with van der Waals surface area (Å²) < 4.78 is 16.6. The Balaban J connectivity index is 1.60. The van der Waals surface area contributed by atoms with Crippen molar-refractivity contribution >= 4 is 28.9 Å². The molecule has 0 saturated carbocycles. The average Bonchev–Trinajstić information content (AvgIpc) is 3.60. The summed E-state index contributed by atoms with van der Waals surface area (Å²) in [5, 5.41) is 8.35. The number of thiophene rings is 1. The van der Waals surface area contributed by atoms with Gasteiger partial charge in [-0.1, -0.05) is 26.8 Å². The summed E-state index contributed by atoms with van der Waals surface area (Å²) in [6, 6.07) is 9.20. The highest BCUT2D eigenvalue weighted by molar-refractivity contribution is 7.12. The topological polar surface area (TPSA) is 83.9 Å². The van der Waals surface area contributed by atoms with Crippen LogP contribution in [0.5, 0.6) is 11.5 Å². The van der Waals surface area contributed by atoms with Gasteiger partial charge in [0.05, 0.1) is 44.1 Å². The van der Waals surface area contributed by atoms with E-state index in [1.54, 1.807) is 35.5 Å². The van der Waals surface area contributed by atoms with Crippen LogP contribution in [-0.2, 0) is 14.3 Å². The monoisotopic (exact) mass is 556 g/mol. The highest BCUT2D eigenvalue weighted by Gasteiger charge is 2.37. The largest absolute Gasteiger partial charge is 0.497 e. The molecule has 10 heteroatoms. The van der Waals surface area contributed by atoms with Crippen molar-refractivity contribution in [2.24, 2.45) is 10.5 Å². The molecule has 4 rings (SSSR count). The number of hydrogen-bond acceptors (Lipinski definition) is 8. The summed E-state index contributed by atoms with van der Waals surface area (Å²) >= 11 is 1.59. The Hall–Kier alpha value is -2.95. The van der Waals surface area contributed by atoms with E-state index in [9.17, 15) is 9.59 Å². The first kappa shape index (κ1) is 29.0. The molecule has 0 bridgehead atoms. The average molecular weight is 557 g/mol. The molecule has 1 aromatic carbocycles. The molecule has 39 heavy (non-hydrogen) atoms. The summed E-state index contributed by atoms with van der Waals surface area (Å²) in [7, 11) is 3.23. The van der Waals surface area contributed by atoms with Gasteiger partial charge in [-0.3, -0.25) is 14.5 Å². The standard InChI is InChI=1S/C29H40N4O5S/c1-29(2,3)19-27(34)32(11-10-31-12-14-38-15-13-31)20-28(35)33-24(18-23(30-33)26-7-6-16-39-26)22-17-21(36-4)8-9-25(22)37-5/h6-9,16-17,24H,10-15,18-20H2,1-5H3. The normalized spacial score (nSPS) is 18.1. The number of benzene rings is 1. The van der Waals surface area contributed by atoms with E-state index in [2.05, 4.69) is 4.90 Å². The van der Waals surface area contributed by atoms with Crippen LogP contribution in [-0.4, -0.2) is 92.5 Å². The molecular formula is C29H40N4O5S. The maximum absolute atomic E-state index is 14.0. The molecule has 1 unspecified atom stereocenters. The third-order valence-corrected chi connectivity index (χ3v) is 7.84. The maximum atomic E-state index is 14.0. The third-order valence-electron chi connectivity index (χ3n) is 6.92. The van der Waals surface area contributed by atoms with Crippen LogP contribution < -0.4 is 9.47 Å². The Morgan fingerprint density at radius 2 is 1.92 bits per heavy atom. The van der Waals surface area contributed by atoms with Crippen LogP contribution >= 0.6 is 11.3 Å². The zero-order valence-corrected chi connectivity index (χ0v) is 24.5. The second-order valence-electron chi connectivity index (χ2n) is 11.1. The van der Waals surface area contributed by atoms with E-state index in [0.717, 1.165) is 29.2 Å². The van der Waals surface area contributed by atoms with E-state index < -0.39 is 0 Å². The molecule has 2 aliphatic heterocycles. The van der Waals surface area contributed by atoms with Crippen LogP contribution in [0.3, 0.4) is 0 Å². The number of hydrogen-bond donors (Lipinski definition) is 0. The van der Waals surface area contributed by atoms with Crippen molar-refractivity contribution in [2.75, 3.05) is 60.2 Å². The van der Waals surface area contributed by atoms with Crippen molar-refractivity contribution in [3.8, 4) is 11.5 Å². The molecule has 1 aromatic heterocycles. The van der Waals surface area contributed by atoms with Crippen LogP contribution in [0, 0.1) is 5.41 Å². The summed E-state index contributed by atoms with van der Waals surface area (Å²) in [5.74, 6) is 1.09. The zero-order chi connectivity index (χ0) is 28.0. The minimum atomic E-state index is -0.376. The Bertz CT molecular complexity index is 1150. The number of carbonyl (C=O) groups is 2. The molecule has 1 fully saturated rings. The van der Waals surface area contributed by atoms with Gasteiger partial charge in [-0.25, -0.2) is 5.01 Å². The molecule has 2 aliphatic rings. The van der Waals surface area contributed by atoms with Gasteiger partial charge in [0.15, 0.2) is 0 Å². The fraction of sp³-hybridized carbons (Fsp3) is 0.552. The molecular weight excluding hydrogens is 516 g/mol. The number of amides is 2. The van der Waals surface area contributed by atoms with Crippen LogP contribution in [0.15, 0.2) is 40.8 Å². The summed E-state index contributed by atoms with van der Waals surface area (Å²) in [6.07, 6.45) is 0.903. The van der Waals surface area contributed by atoms with Crippen LogP contribution in [0.1, 0.15) is 50.1 Å². The quantitative estimate of drug-likeness (QED) is 0.439. The minimum Gasteiger partial charge on any atom is -0.497 e. The molecule has 2 amide bonds. The third kappa shape index (κ3) is 7.58. The fourth-order valence-corrected chi connectivity index (χ4v) is 5.58. The first-order valence-corrected chi connectivity index (χ1v) is 14.3. The fourth-order valence-electron chi connectivity index (χ4n) is 4.85. The second kappa shape index (κ2) is 12.9. The van der Waals surface area contributed by atoms with Gasteiger partial charge in [-0.2, -0.15) is 5.10 Å². The van der Waals surface area contributed by atoms with Crippen molar-refractivity contribution in [2.45, 2.75) is 39.7 Å². The lowest BCUT2D eigenvalue weighted by atomic mass is 9.91. The van der Waals surface area contributed by atoms with E-state index in [-0.39, 0.29) is 29.8 Å². The molecule has 212 valence electrons. The molecule has 9 nitrogen and oxygen atoms in total. The van der Waals surface area contributed by atoms with Crippen molar-refractivity contribution < 1.29 is 23.8 Å². The number of rotatable bonds is 10. The van der Waals surface area contributed by atoms with Crippen molar-refractivity contribution in [3.63, 3.8) is 0 Å². The SMILES string of the molecule is COc1ccc(OC)c(C2CC(c3cccs3)=NN2C(=O)CN(CCN2CCOCC2)C(=O)CC(C)(C)C)c1. The lowest BCUT2D eigenvalue weighted by molar-refractivity contribution is -0.142. The van der Waals surface area contributed by atoms with Gasteiger partial charge in [0.1, 0.15) is 18.0 Å². The number of methoxy groups -OCH3 is 2. The van der Waals surface area contributed by atoms with Gasteiger partial charge >= 0.3 is 0 Å². The maximum Gasteiger partial charge on any atom is 0.262 e. The van der Waals surface area contributed by atoms with Crippen LogP contribution in [0.25, 0.3) is 0 Å². The molecule has 0 radical (unpaired) electrons. The molecule has 1 saturated heterocycles. The summed E-state index contributed by atoms with van der Waals surface area (Å²) in [6.45, 7) is 10.3. The Morgan fingerprint density at radius 1 is 1.15 bits per heavy atom. The zero-order valence-electron chi connectivity index (χ0n) is 23.6. The number of hydrazone groups is 1. The molecule has 0 N–H and O–H groups in total. The first-order chi connectivity index (χ1) is 18.7. The second-order valence-corrected chi connectivity index (χ2v) is 12.0. The van der Waals surface area contributed by atoms with E-state index >= 15 is 0 Å². The Morgan fingerprint density at radius 3 is 2.56 bits per heavy atom. The lowest BCUT2D eigenvalue weighted by Gasteiger charge is -2.32. The van der Waals surface area contributed by atoms with Crippen LogP contribution in [0.4, 0.5) is 0 Å². The predicted molar refractivity (Wildman–Crippen MR) is 153 cm³/mol. The van der Waals surface area contributed by atoms with Gasteiger partial charge in [-0.05, 0) is 35.1 Å². The van der Waals surface area contributed by atoms with E-state index in [4.69, 9.17) is 19.3 Å². The van der Waals surface area contributed by atoms with Gasteiger partial charge in [0.25, 0.3) is 5.91 Å². The highest BCUT2D eigenvalue weighted by Crippen LogP contribution is 2.40. The van der Waals surface area contributed by atoms with Gasteiger partial charge in [0.2, 0.25) is 5.91 Å². The van der Waals surface area contributed by atoms with Gasteiger partial charge in [-0.15, -0.1) is 11.3 Å². The van der Waals surface area contributed by atoms with E-state index in [0.29, 0.717) is 50.6 Å². The number of morpholine rings is 1. The van der Waals surface area contributed by atoms with E-state index in [1.807, 2.05) is 56.5 Å². The summed E-state index contributed by atoms with van der Waals surface area (Å²) in [4.78, 5) is 32.4. The predicted octanol–water partition coefficient (Wildman–Crippen LogP) is 4.04. The molecule has 0 spiro atoms. The molecule has 3 heterocycles. The lowest BCUT2D eigenvalue weighted by Crippen LogP contribution is -2.47. The van der Waals surface area contributed by atoms with Crippen LogP contribution in [0.2, 0.25) is 0 Å². The van der Waals surface area contributed by atoms with Crippen molar-refractivity contribution in [1.29, 1.82) is 0 Å². The Kier molecular flexibility index (Phi) is 9.63. The van der Waals surface area contributed by atoms with E-state index in [1.165, 1.54) is 0 Å². The highest BCUT2D eigenvalue weighted by atomic mass is 32.1. The smallest absolute Gasteiger partial charge is 0.262 e. The Labute approximate surface area is 235 Å². The number of carbonyl (C=O) groups excluding carboxylic acids is 2. The molecule has 0 aliphatic carbocycles. The van der Waals surface area contributed by atoms with Gasteiger partial charge < -0.3 is 19.1 Å². The number of ether oxygens (including phenoxy) is 3. The van der Waals surface area contributed by atoms with Gasteiger partial charge in [0, 0.05) is 44.6 Å². The van der Waals surface area contributed by atoms with Crippen molar-refractivity contribution in [1.82, 2.24) is 14.8 Å². The number of nitrogens with zero attached hydrogens (tertiary/aromatic N) is 4. The molecule has 1 atom stereocenters. The van der Waals surface area contributed by atoms with Crippen molar-refractivity contribution in [3.05, 3.63) is 46.2 Å².